The Morgan fingerprint density at radius 2 is 1.83 bits per heavy atom. The van der Waals surface area contributed by atoms with E-state index in [9.17, 15) is 13.2 Å². The van der Waals surface area contributed by atoms with Crippen molar-refractivity contribution in [2.75, 3.05) is 13.7 Å². The lowest BCUT2D eigenvalue weighted by molar-refractivity contribution is 0.411. The Morgan fingerprint density at radius 3 is 2.45 bits per heavy atom. The van der Waals surface area contributed by atoms with Crippen LogP contribution in [-0.4, -0.2) is 41.6 Å². The topological polar surface area (TPSA) is 108 Å². The monoisotopic (exact) mass is 417 g/mol. The summed E-state index contributed by atoms with van der Waals surface area (Å²) in [5.41, 5.74) is 2.11. The quantitative estimate of drug-likeness (QED) is 0.622. The fourth-order valence-corrected chi connectivity index (χ4v) is 4.07. The van der Waals surface area contributed by atoms with Crippen LogP contribution in [0.4, 0.5) is 0 Å². The van der Waals surface area contributed by atoms with Crippen LogP contribution in [-0.2, 0) is 16.6 Å². The number of sulfonamides is 1. The lowest BCUT2D eigenvalue weighted by Gasteiger charge is -2.11. The molecule has 2 heterocycles. The fraction of sp³-hybridized carbons (Fsp3) is 0.316. The fourth-order valence-electron chi connectivity index (χ4n) is 2.96. The van der Waals surface area contributed by atoms with Gasteiger partial charge in [0.1, 0.15) is 5.75 Å². The van der Waals surface area contributed by atoms with Crippen LogP contribution in [0.25, 0.3) is 5.82 Å². The predicted molar refractivity (Wildman–Crippen MR) is 108 cm³/mol. The van der Waals surface area contributed by atoms with Crippen LogP contribution < -0.4 is 15.0 Å². The predicted octanol–water partition coefficient (Wildman–Crippen LogP) is 1.34. The molecule has 3 aromatic rings. The molecule has 0 spiro atoms. The third-order valence-electron chi connectivity index (χ3n) is 4.37. The molecule has 0 atom stereocenters. The highest BCUT2D eigenvalue weighted by Gasteiger charge is 2.15. The van der Waals surface area contributed by atoms with Gasteiger partial charge in [-0.05, 0) is 56.7 Å². The standard InChI is InChI=1S/C19H23N5O4S/c1-13-11-16(5-6-17(13)28-4)29(26,27)20-9-10-23-19(25)8-7-18(22-23)24-15(3)12-14(2)21-24/h5-8,11-12,20H,9-10H2,1-4H3. The highest BCUT2D eigenvalue weighted by molar-refractivity contribution is 7.89. The van der Waals surface area contributed by atoms with Crippen LogP contribution in [0, 0.1) is 20.8 Å². The normalized spacial score (nSPS) is 11.6. The van der Waals surface area contributed by atoms with Crippen LogP contribution in [0.1, 0.15) is 17.0 Å². The zero-order valence-corrected chi connectivity index (χ0v) is 17.5. The number of aromatic nitrogens is 4. The maximum absolute atomic E-state index is 12.5. The van der Waals surface area contributed by atoms with Gasteiger partial charge in [0, 0.05) is 18.3 Å². The Labute approximate surface area is 169 Å². The van der Waals surface area contributed by atoms with E-state index in [1.165, 1.54) is 30.0 Å². The van der Waals surface area contributed by atoms with Crippen LogP contribution in [0.15, 0.2) is 46.1 Å². The number of rotatable bonds is 7. The Bertz CT molecular complexity index is 1200. The second-order valence-electron chi connectivity index (χ2n) is 6.62. The van der Waals surface area contributed by atoms with Crippen molar-refractivity contribution in [3.8, 4) is 11.6 Å². The van der Waals surface area contributed by atoms with Crippen molar-refractivity contribution in [3.63, 3.8) is 0 Å². The van der Waals surface area contributed by atoms with Crippen molar-refractivity contribution < 1.29 is 13.2 Å². The van der Waals surface area contributed by atoms with Gasteiger partial charge < -0.3 is 4.74 Å². The smallest absolute Gasteiger partial charge is 0.266 e. The second kappa shape index (κ2) is 8.18. The van der Waals surface area contributed by atoms with Crippen molar-refractivity contribution in [2.24, 2.45) is 0 Å². The molecule has 0 radical (unpaired) electrons. The summed E-state index contributed by atoms with van der Waals surface area (Å²) in [6.07, 6.45) is 0. The van der Waals surface area contributed by atoms with Crippen molar-refractivity contribution in [3.05, 3.63) is 63.7 Å². The molecule has 0 bridgehead atoms. The molecule has 0 aliphatic rings. The molecule has 0 aliphatic heterocycles. The van der Waals surface area contributed by atoms with E-state index >= 15 is 0 Å². The first-order chi connectivity index (χ1) is 13.7. The number of aryl methyl sites for hydroxylation is 3. The van der Waals surface area contributed by atoms with Crippen LogP contribution in [0.2, 0.25) is 0 Å². The van der Waals surface area contributed by atoms with Gasteiger partial charge in [-0.1, -0.05) is 0 Å². The van der Waals surface area contributed by atoms with E-state index < -0.39 is 10.0 Å². The molecular weight excluding hydrogens is 394 g/mol. The summed E-state index contributed by atoms with van der Waals surface area (Å²) < 4.78 is 35.5. The zero-order chi connectivity index (χ0) is 21.2. The molecule has 0 saturated carbocycles. The number of benzene rings is 1. The molecule has 0 aliphatic carbocycles. The summed E-state index contributed by atoms with van der Waals surface area (Å²) >= 11 is 0. The number of methoxy groups -OCH3 is 1. The Hall–Kier alpha value is -2.98. The summed E-state index contributed by atoms with van der Waals surface area (Å²) in [4.78, 5) is 12.2. The van der Waals surface area contributed by atoms with Crippen LogP contribution >= 0.6 is 0 Å². The minimum Gasteiger partial charge on any atom is -0.496 e. The highest BCUT2D eigenvalue weighted by atomic mass is 32.2. The summed E-state index contributed by atoms with van der Waals surface area (Å²) in [7, 11) is -2.20. The summed E-state index contributed by atoms with van der Waals surface area (Å²) in [5.74, 6) is 1.10. The third kappa shape index (κ3) is 4.54. The number of nitrogens with one attached hydrogen (secondary N) is 1. The summed E-state index contributed by atoms with van der Waals surface area (Å²) in [6.45, 7) is 5.63. The average Bonchev–Trinajstić information content (AvgIpc) is 3.01. The lowest BCUT2D eigenvalue weighted by Crippen LogP contribution is -2.32. The molecule has 3 rings (SSSR count). The summed E-state index contributed by atoms with van der Waals surface area (Å²) in [6, 6.07) is 9.50. The van der Waals surface area contributed by atoms with Gasteiger partial charge in [-0.3, -0.25) is 4.79 Å². The van der Waals surface area contributed by atoms with Gasteiger partial charge in [0.2, 0.25) is 10.0 Å². The lowest BCUT2D eigenvalue weighted by atomic mass is 10.2. The average molecular weight is 417 g/mol. The minimum atomic E-state index is -3.72. The van der Waals surface area contributed by atoms with E-state index in [4.69, 9.17) is 4.74 Å². The molecule has 154 valence electrons. The van der Waals surface area contributed by atoms with E-state index in [2.05, 4.69) is 14.9 Å². The largest absolute Gasteiger partial charge is 0.496 e. The van der Waals surface area contributed by atoms with E-state index in [0.29, 0.717) is 17.1 Å². The van der Waals surface area contributed by atoms with Gasteiger partial charge in [0.05, 0.1) is 24.2 Å². The molecule has 0 unspecified atom stereocenters. The van der Waals surface area contributed by atoms with Gasteiger partial charge in [-0.2, -0.15) is 5.10 Å². The SMILES string of the molecule is COc1ccc(S(=O)(=O)NCCn2nc(-n3nc(C)cc3C)ccc2=O)cc1C. The third-order valence-corrected chi connectivity index (χ3v) is 5.83. The first-order valence-corrected chi connectivity index (χ1v) is 10.5. The highest BCUT2D eigenvalue weighted by Crippen LogP contribution is 2.21. The van der Waals surface area contributed by atoms with Crippen molar-refractivity contribution in [1.29, 1.82) is 0 Å². The van der Waals surface area contributed by atoms with Crippen LogP contribution in [0.3, 0.4) is 0 Å². The first kappa shape index (κ1) is 20.7. The van der Waals surface area contributed by atoms with E-state index in [-0.39, 0.29) is 23.5 Å². The van der Waals surface area contributed by atoms with E-state index in [0.717, 1.165) is 11.4 Å². The van der Waals surface area contributed by atoms with Crippen molar-refractivity contribution >= 4 is 10.0 Å². The van der Waals surface area contributed by atoms with Crippen LogP contribution in [0.5, 0.6) is 5.75 Å². The van der Waals surface area contributed by atoms with Crippen molar-refractivity contribution in [2.45, 2.75) is 32.2 Å². The van der Waals surface area contributed by atoms with Crippen molar-refractivity contribution in [1.82, 2.24) is 24.3 Å². The number of hydrogen-bond acceptors (Lipinski definition) is 6. The van der Waals surface area contributed by atoms with Gasteiger partial charge in [-0.15, -0.1) is 5.10 Å². The molecule has 2 aromatic heterocycles. The van der Waals surface area contributed by atoms with Gasteiger partial charge in [0.15, 0.2) is 5.82 Å². The summed E-state index contributed by atoms with van der Waals surface area (Å²) in [5, 5.41) is 8.65. The second-order valence-corrected chi connectivity index (χ2v) is 8.39. The van der Waals surface area contributed by atoms with Gasteiger partial charge >= 0.3 is 0 Å². The van der Waals surface area contributed by atoms with E-state index in [1.54, 1.807) is 23.7 Å². The number of hydrogen-bond donors (Lipinski definition) is 1. The molecule has 1 aromatic carbocycles. The molecule has 10 heteroatoms. The van der Waals surface area contributed by atoms with E-state index in [1.807, 2.05) is 19.9 Å². The number of nitrogens with zero attached hydrogens (tertiary/aromatic N) is 4. The maximum Gasteiger partial charge on any atom is 0.266 e. The molecule has 29 heavy (non-hydrogen) atoms. The zero-order valence-electron chi connectivity index (χ0n) is 16.7. The molecular formula is C19H23N5O4S. The van der Waals surface area contributed by atoms with Gasteiger partial charge in [-0.25, -0.2) is 22.5 Å². The molecule has 0 saturated heterocycles. The first-order valence-electron chi connectivity index (χ1n) is 8.97. The number of ether oxygens (including phenoxy) is 1. The maximum atomic E-state index is 12.5. The Morgan fingerprint density at radius 1 is 1.07 bits per heavy atom. The Balaban J connectivity index is 1.74. The molecule has 9 nitrogen and oxygen atoms in total. The Kier molecular flexibility index (Phi) is 5.85. The molecule has 0 amide bonds. The molecule has 1 N–H and O–H groups in total. The van der Waals surface area contributed by atoms with Gasteiger partial charge in [0.25, 0.3) is 5.56 Å². The minimum absolute atomic E-state index is 0.0148. The molecule has 0 fully saturated rings.